The second-order valence-corrected chi connectivity index (χ2v) is 11.2. The molecular weight excluding hydrogens is 464 g/mol. The smallest absolute Gasteiger partial charge is 0.255 e. The number of anilines is 2. The van der Waals surface area contributed by atoms with E-state index in [4.69, 9.17) is 21.1 Å². The van der Waals surface area contributed by atoms with E-state index in [1.54, 1.807) is 24.3 Å². The number of nitrogens with one attached hydrogen (secondary N) is 2. The Morgan fingerprint density at radius 1 is 0.914 bits per heavy atom. The maximum absolute atomic E-state index is 13.7. The van der Waals surface area contributed by atoms with Gasteiger partial charge in [0.1, 0.15) is 11.5 Å². The van der Waals surface area contributed by atoms with Gasteiger partial charge in [-0.3, -0.25) is 9.59 Å². The van der Waals surface area contributed by atoms with E-state index in [-0.39, 0.29) is 16.7 Å². The zero-order valence-corrected chi connectivity index (χ0v) is 21.1. The molecule has 4 aliphatic rings. The maximum atomic E-state index is 13.7. The fourth-order valence-electron chi connectivity index (χ4n) is 6.76. The average molecular weight is 497 g/mol. The number of hydrogen-bond donors (Lipinski definition) is 2. The molecule has 186 valence electrons. The lowest BCUT2D eigenvalue weighted by Crippen LogP contribution is -2.57. The number of amides is 2. The van der Waals surface area contributed by atoms with Crippen molar-refractivity contribution in [1.29, 1.82) is 0 Å². The van der Waals surface area contributed by atoms with Gasteiger partial charge in [-0.1, -0.05) is 18.2 Å². The third-order valence-corrected chi connectivity index (χ3v) is 8.13. The van der Waals surface area contributed by atoms with Crippen molar-refractivity contribution in [2.45, 2.75) is 57.2 Å². The lowest BCUT2D eigenvalue weighted by molar-refractivity contribution is -0.138. The highest BCUT2D eigenvalue weighted by molar-refractivity contribution is 6.24. The van der Waals surface area contributed by atoms with Crippen LogP contribution >= 0.6 is 11.6 Å². The van der Waals surface area contributed by atoms with Gasteiger partial charge in [-0.2, -0.15) is 0 Å². The van der Waals surface area contributed by atoms with Crippen LogP contribution in [-0.2, 0) is 4.79 Å². The number of ether oxygens (including phenoxy) is 2. The van der Waals surface area contributed by atoms with Gasteiger partial charge < -0.3 is 20.1 Å². The summed E-state index contributed by atoms with van der Waals surface area (Å²) < 4.78 is 11.7. The van der Waals surface area contributed by atoms with Crippen LogP contribution in [0.3, 0.4) is 0 Å². The summed E-state index contributed by atoms with van der Waals surface area (Å²) in [6, 6.07) is 12.5. The lowest BCUT2D eigenvalue weighted by atomic mass is 9.49. The average Bonchev–Trinajstić information content (AvgIpc) is 2.81. The highest BCUT2D eigenvalue weighted by atomic mass is 35.5. The lowest BCUT2D eigenvalue weighted by Gasteiger charge is -2.59. The minimum absolute atomic E-state index is 0.0149. The highest BCUT2D eigenvalue weighted by Crippen LogP contribution is 2.64. The summed E-state index contributed by atoms with van der Waals surface area (Å²) in [5, 5.41) is 6.10. The fourth-order valence-corrected chi connectivity index (χ4v) is 7.45. The minimum Gasteiger partial charge on any atom is -0.492 e. The summed E-state index contributed by atoms with van der Waals surface area (Å²) >= 11 is 6.97. The van der Waals surface area contributed by atoms with Gasteiger partial charge in [0, 0.05) is 22.6 Å². The van der Waals surface area contributed by atoms with Gasteiger partial charge in [-0.25, -0.2) is 0 Å². The van der Waals surface area contributed by atoms with E-state index in [9.17, 15) is 9.59 Å². The van der Waals surface area contributed by atoms with Gasteiger partial charge in [-0.15, -0.1) is 11.6 Å². The van der Waals surface area contributed by atoms with Crippen molar-refractivity contribution in [1.82, 2.24) is 0 Å². The Labute approximate surface area is 211 Å². The predicted molar refractivity (Wildman–Crippen MR) is 138 cm³/mol. The molecule has 2 aromatic rings. The molecule has 0 radical (unpaired) electrons. The number of halogens is 1. The first-order valence-corrected chi connectivity index (χ1v) is 13.0. The summed E-state index contributed by atoms with van der Waals surface area (Å²) in [4.78, 5) is 26.3. The fraction of sp³-hybridized carbons (Fsp3) is 0.500. The summed E-state index contributed by atoms with van der Waals surface area (Å²) in [7, 11) is 0. The SMILES string of the molecule is CCOc1cc(NC(=O)C23CC4CC(CC(Cl)(C4)C2)C3)c(OCC)cc1NC(=O)c1ccccc1. The van der Waals surface area contributed by atoms with Crippen LogP contribution in [0.4, 0.5) is 11.4 Å². The predicted octanol–water partition coefficient (Wildman–Crippen LogP) is 6.25. The molecule has 6 rings (SSSR count). The van der Waals surface area contributed by atoms with E-state index in [0.717, 1.165) is 32.1 Å². The molecule has 0 aliphatic heterocycles. The molecule has 4 aliphatic carbocycles. The molecule has 4 fully saturated rings. The minimum atomic E-state index is -0.429. The van der Waals surface area contributed by atoms with Crippen LogP contribution in [0.1, 0.15) is 62.7 Å². The zero-order chi connectivity index (χ0) is 24.6. The molecule has 0 aromatic heterocycles. The molecule has 7 heteroatoms. The van der Waals surface area contributed by atoms with Crippen molar-refractivity contribution >= 4 is 34.8 Å². The van der Waals surface area contributed by atoms with Crippen LogP contribution in [0.25, 0.3) is 0 Å². The summed E-state index contributed by atoms with van der Waals surface area (Å²) in [5.74, 6) is 1.81. The Balaban J connectivity index is 1.43. The molecule has 2 amide bonds. The van der Waals surface area contributed by atoms with Gasteiger partial charge in [0.2, 0.25) is 5.91 Å². The van der Waals surface area contributed by atoms with Gasteiger partial charge in [0.05, 0.1) is 30.0 Å². The normalized spacial score (nSPS) is 28.4. The van der Waals surface area contributed by atoms with Crippen LogP contribution < -0.4 is 20.1 Å². The largest absolute Gasteiger partial charge is 0.492 e. The molecule has 0 spiro atoms. The standard InChI is InChI=1S/C28H33ClN2O4/c1-3-34-23-12-22(24(35-4-2)11-21(23)30-25(32)20-8-6-5-7-9-20)31-26(33)27-13-18-10-19(14-27)16-28(29,15-18)17-27/h5-9,11-12,18-19H,3-4,10,13-17H2,1-2H3,(H,30,32)(H,31,33). The van der Waals surface area contributed by atoms with Crippen LogP contribution in [0.15, 0.2) is 42.5 Å². The number of rotatable bonds is 8. The molecule has 2 aromatic carbocycles. The summed E-state index contributed by atoms with van der Waals surface area (Å²) in [5.41, 5.74) is 1.16. The van der Waals surface area contributed by atoms with Gasteiger partial charge in [-0.05, 0) is 76.3 Å². The van der Waals surface area contributed by atoms with Crippen LogP contribution in [0, 0.1) is 17.3 Å². The first-order valence-electron chi connectivity index (χ1n) is 12.6. The molecule has 4 saturated carbocycles. The first-order chi connectivity index (χ1) is 16.8. The number of alkyl halides is 1. The van der Waals surface area contributed by atoms with Gasteiger partial charge >= 0.3 is 0 Å². The van der Waals surface area contributed by atoms with Gasteiger partial charge in [0.15, 0.2) is 0 Å². The summed E-state index contributed by atoms with van der Waals surface area (Å²) in [6.07, 6.45) is 5.77. The topological polar surface area (TPSA) is 76.7 Å². The second-order valence-electron chi connectivity index (χ2n) is 10.4. The molecule has 6 nitrogen and oxygen atoms in total. The molecule has 2 atom stereocenters. The first kappa shape index (κ1) is 24.0. The van der Waals surface area contributed by atoms with Crippen molar-refractivity contribution in [3.8, 4) is 11.5 Å². The number of carbonyl (C=O) groups excluding carboxylic acids is 2. The van der Waals surface area contributed by atoms with E-state index in [1.165, 1.54) is 6.42 Å². The number of benzene rings is 2. The Bertz CT molecular complexity index is 1110. The van der Waals surface area contributed by atoms with Crippen molar-refractivity contribution in [2.75, 3.05) is 23.8 Å². The maximum Gasteiger partial charge on any atom is 0.255 e. The summed E-state index contributed by atoms with van der Waals surface area (Å²) in [6.45, 7) is 4.61. The van der Waals surface area contributed by atoms with Crippen molar-refractivity contribution < 1.29 is 19.1 Å². The quantitative estimate of drug-likeness (QED) is 0.423. The van der Waals surface area contributed by atoms with E-state index in [0.29, 0.717) is 53.5 Å². The molecule has 2 N–H and O–H groups in total. The highest BCUT2D eigenvalue weighted by Gasteiger charge is 2.60. The Hall–Kier alpha value is -2.73. The van der Waals surface area contributed by atoms with Gasteiger partial charge in [0.25, 0.3) is 5.91 Å². The third kappa shape index (κ3) is 4.73. The Morgan fingerprint density at radius 3 is 2.03 bits per heavy atom. The molecule has 0 heterocycles. The van der Waals surface area contributed by atoms with Crippen LogP contribution in [0.2, 0.25) is 0 Å². The van der Waals surface area contributed by atoms with E-state index >= 15 is 0 Å². The zero-order valence-electron chi connectivity index (χ0n) is 20.4. The third-order valence-electron chi connectivity index (χ3n) is 7.69. The number of carbonyl (C=O) groups is 2. The molecule has 35 heavy (non-hydrogen) atoms. The molecule has 4 bridgehead atoms. The second kappa shape index (κ2) is 9.38. The van der Waals surface area contributed by atoms with E-state index in [2.05, 4.69) is 10.6 Å². The Morgan fingerprint density at radius 2 is 1.49 bits per heavy atom. The molecule has 0 saturated heterocycles. The van der Waals surface area contributed by atoms with Crippen molar-refractivity contribution in [3.05, 3.63) is 48.0 Å². The Kier molecular flexibility index (Phi) is 6.43. The molecular formula is C28H33ClN2O4. The monoisotopic (exact) mass is 496 g/mol. The van der Waals surface area contributed by atoms with Crippen LogP contribution in [-0.4, -0.2) is 29.9 Å². The van der Waals surface area contributed by atoms with E-state index < -0.39 is 5.41 Å². The van der Waals surface area contributed by atoms with E-state index in [1.807, 2.05) is 32.0 Å². The molecule has 2 unspecified atom stereocenters. The van der Waals surface area contributed by atoms with Crippen molar-refractivity contribution in [2.24, 2.45) is 17.3 Å². The van der Waals surface area contributed by atoms with Crippen molar-refractivity contribution in [3.63, 3.8) is 0 Å². The van der Waals surface area contributed by atoms with Crippen LogP contribution in [0.5, 0.6) is 11.5 Å². The number of hydrogen-bond acceptors (Lipinski definition) is 4.